The molecule has 2 aromatic carbocycles. The van der Waals surface area contributed by atoms with E-state index in [4.69, 9.17) is 16.1 Å². The molecule has 2 aromatic heterocycles. The summed E-state index contributed by atoms with van der Waals surface area (Å²) < 4.78 is 6.97. The summed E-state index contributed by atoms with van der Waals surface area (Å²) in [5, 5.41) is 7.82. The van der Waals surface area contributed by atoms with Crippen LogP contribution in [-0.4, -0.2) is 26.4 Å². The largest absolute Gasteiger partial charge is 0.360 e. The van der Waals surface area contributed by atoms with Crippen molar-refractivity contribution in [3.8, 4) is 16.9 Å². The fourth-order valence-corrected chi connectivity index (χ4v) is 3.83. The summed E-state index contributed by atoms with van der Waals surface area (Å²) >= 11 is 7.55. The van der Waals surface area contributed by atoms with E-state index in [1.807, 2.05) is 59.2 Å². The zero-order valence-electron chi connectivity index (χ0n) is 15.5. The Hall–Kier alpha value is -3.03. The predicted octanol–water partition coefficient (Wildman–Crippen LogP) is 5.22. The maximum Gasteiger partial charge on any atom is 0.236 e. The van der Waals surface area contributed by atoms with Crippen molar-refractivity contribution in [2.75, 3.05) is 11.1 Å². The Labute approximate surface area is 176 Å². The number of anilines is 1. The van der Waals surface area contributed by atoms with Gasteiger partial charge in [-0.15, -0.1) is 0 Å². The number of rotatable bonds is 6. The number of carbonyl (C=O) groups excluding carboxylic acids is 1. The summed E-state index contributed by atoms with van der Waals surface area (Å²) in [5.74, 6) is 1.02. The van der Waals surface area contributed by atoms with Gasteiger partial charge in [0, 0.05) is 22.3 Å². The molecule has 0 atom stereocenters. The molecule has 0 unspecified atom stereocenters. The highest BCUT2D eigenvalue weighted by atomic mass is 35.5. The molecule has 1 N–H and O–H groups in total. The van der Waals surface area contributed by atoms with Crippen LogP contribution in [0.15, 0.2) is 76.5 Å². The van der Waals surface area contributed by atoms with Crippen LogP contribution >= 0.6 is 23.4 Å². The van der Waals surface area contributed by atoms with Crippen molar-refractivity contribution in [2.45, 2.75) is 12.1 Å². The minimum Gasteiger partial charge on any atom is -0.360 e. The quantitative estimate of drug-likeness (QED) is 0.429. The van der Waals surface area contributed by atoms with Crippen molar-refractivity contribution in [3.05, 3.63) is 77.6 Å². The number of halogens is 1. The van der Waals surface area contributed by atoms with Crippen LogP contribution < -0.4 is 5.32 Å². The van der Waals surface area contributed by atoms with E-state index in [1.54, 1.807) is 19.2 Å². The number of thioether (sulfide) groups is 1. The number of nitrogens with one attached hydrogen (secondary N) is 1. The number of nitrogens with zero attached hydrogens (tertiary/aromatic N) is 3. The van der Waals surface area contributed by atoms with Crippen molar-refractivity contribution >= 4 is 35.1 Å². The van der Waals surface area contributed by atoms with Gasteiger partial charge >= 0.3 is 0 Å². The molecular weight excluding hydrogens is 408 g/mol. The van der Waals surface area contributed by atoms with Crippen molar-refractivity contribution in [1.29, 1.82) is 0 Å². The molecule has 2 heterocycles. The molecule has 0 aliphatic carbocycles. The number of hydrogen-bond donors (Lipinski definition) is 1. The van der Waals surface area contributed by atoms with E-state index in [9.17, 15) is 4.79 Å². The Morgan fingerprint density at radius 1 is 1.17 bits per heavy atom. The highest BCUT2D eigenvalue weighted by Gasteiger charge is 2.16. The fourth-order valence-electron chi connectivity index (χ4n) is 2.85. The lowest BCUT2D eigenvalue weighted by Gasteiger charge is -2.12. The van der Waals surface area contributed by atoms with Gasteiger partial charge < -0.3 is 9.84 Å². The minimum atomic E-state index is -0.190. The van der Waals surface area contributed by atoms with Gasteiger partial charge in [0.25, 0.3) is 0 Å². The molecule has 4 rings (SSSR count). The Bertz CT molecular complexity index is 1140. The average molecular weight is 425 g/mol. The smallest absolute Gasteiger partial charge is 0.236 e. The second-order valence-corrected chi connectivity index (χ2v) is 7.65. The number of carbonyl (C=O) groups is 1. The maximum absolute atomic E-state index is 12.3. The van der Waals surface area contributed by atoms with Crippen LogP contribution in [0.25, 0.3) is 16.9 Å². The van der Waals surface area contributed by atoms with Gasteiger partial charge in [-0.3, -0.25) is 9.36 Å². The lowest BCUT2D eigenvalue weighted by molar-refractivity contribution is -0.113. The third-order valence-corrected chi connectivity index (χ3v) is 5.28. The highest BCUT2D eigenvalue weighted by molar-refractivity contribution is 7.99. The van der Waals surface area contributed by atoms with Crippen molar-refractivity contribution in [3.63, 3.8) is 0 Å². The van der Waals surface area contributed by atoms with Gasteiger partial charge in [0.2, 0.25) is 5.91 Å². The number of aromatic nitrogens is 3. The first kappa shape index (κ1) is 19.3. The van der Waals surface area contributed by atoms with E-state index >= 15 is 0 Å². The average Bonchev–Trinajstić information content (AvgIpc) is 3.33. The van der Waals surface area contributed by atoms with Crippen molar-refractivity contribution in [1.82, 2.24) is 14.7 Å². The van der Waals surface area contributed by atoms with Crippen LogP contribution in [0.5, 0.6) is 0 Å². The molecule has 0 saturated carbocycles. The van der Waals surface area contributed by atoms with Crippen LogP contribution in [0.1, 0.15) is 5.76 Å². The molecule has 4 aromatic rings. The van der Waals surface area contributed by atoms with Gasteiger partial charge in [-0.2, -0.15) is 0 Å². The molecule has 0 aliphatic heterocycles. The van der Waals surface area contributed by atoms with E-state index in [-0.39, 0.29) is 11.7 Å². The molecule has 0 fully saturated rings. The third-order valence-electron chi connectivity index (χ3n) is 4.09. The zero-order chi connectivity index (χ0) is 20.2. The molecule has 0 saturated heterocycles. The lowest BCUT2D eigenvalue weighted by Crippen LogP contribution is -2.14. The summed E-state index contributed by atoms with van der Waals surface area (Å²) in [5.41, 5.74) is 2.82. The maximum atomic E-state index is 12.3. The fraction of sp³-hybridized carbons (Fsp3) is 0.0952. The summed E-state index contributed by atoms with van der Waals surface area (Å²) in [4.78, 5) is 16.9. The van der Waals surface area contributed by atoms with E-state index in [2.05, 4.69) is 15.5 Å². The molecule has 8 heteroatoms. The van der Waals surface area contributed by atoms with E-state index in [0.717, 1.165) is 16.9 Å². The first-order valence-electron chi connectivity index (χ1n) is 8.85. The molecule has 0 aliphatic rings. The predicted molar refractivity (Wildman–Crippen MR) is 115 cm³/mol. The first-order chi connectivity index (χ1) is 14.1. The van der Waals surface area contributed by atoms with E-state index in [0.29, 0.717) is 21.8 Å². The summed E-state index contributed by atoms with van der Waals surface area (Å²) in [6.45, 7) is 1.77. The molecule has 0 bridgehead atoms. The minimum absolute atomic E-state index is 0.178. The van der Waals surface area contributed by atoms with Crippen LogP contribution in [0.2, 0.25) is 5.02 Å². The molecule has 1 amide bonds. The van der Waals surface area contributed by atoms with Gasteiger partial charge in [-0.25, -0.2) is 4.98 Å². The van der Waals surface area contributed by atoms with E-state index < -0.39 is 0 Å². The monoisotopic (exact) mass is 424 g/mol. The second kappa shape index (κ2) is 8.55. The van der Waals surface area contributed by atoms with Crippen LogP contribution in [-0.2, 0) is 4.79 Å². The molecular formula is C21H17ClN4O2S. The van der Waals surface area contributed by atoms with Crippen molar-refractivity contribution in [2.24, 2.45) is 0 Å². The summed E-state index contributed by atoms with van der Waals surface area (Å²) in [7, 11) is 0. The zero-order valence-corrected chi connectivity index (χ0v) is 17.1. The normalized spacial score (nSPS) is 10.8. The molecule has 0 radical (unpaired) electrons. The number of imidazole rings is 1. The number of aryl methyl sites for hydroxylation is 1. The molecule has 29 heavy (non-hydrogen) atoms. The number of hydrogen-bond acceptors (Lipinski definition) is 5. The van der Waals surface area contributed by atoms with Gasteiger partial charge in [0.15, 0.2) is 11.0 Å². The SMILES string of the molecule is Cc1cc(NC(=O)CSc2ncc(-c3ccccc3)n2-c2cccc(Cl)c2)no1. The van der Waals surface area contributed by atoms with Gasteiger partial charge in [0.1, 0.15) is 5.76 Å². The Balaban J connectivity index is 1.61. The molecule has 0 spiro atoms. The van der Waals surface area contributed by atoms with Gasteiger partial charge in [-0.05, 0) is 25.1 Å². The first-order valence-corrected chi connectivity index (χ1v) is 10.2. The lowest BCUT2D eigenvalue weighted by atomic mass is 10.1. The Morgan fingerprint density at radius 2 is 2.00 bits per heavy atom. The Morgan fingerprint density at radius 3 is 2.72 bits per heavy atom. The summed E-state index contributed by atoms with van der Waals surface area (Å²) in [6.07, 6.45) is 1.80. The topological polar surface area (TPSA) is 73.0 Å². The van der Waals surface area contributed by atoms with Crippen molar-refractivity contribution < 1.29 is 9.32 Å². The van der Waals surface area contributed by atoms with Crippen LogP contribution in [0, 0.1) is 6.92 Å². The standard InChI is InChI=1S/C21H17ClN4O2S/c1-14-10-19(25-28-14)24-20(27)13-29-21-23-12-18(15-6-3-2-4-7-15)26(21)17-9-5-8-16(22)11-17/h2-12H,13H2,1H3,(H,24,25,27). The van der Waals surface area contributed by atoms with Crippen LogP contribution in [0.3, 0.4) is 0 Å². The second-order valence-electron chi connectivity index (χ2n) is 6.27. The van der Waals surface area contributed by atoms with Gasteiger partial charge in [0.05, 0.1) is 17.6 Å². The number of amides is 1. The number of benzene rings is 2. The Kier molecular flexibility index (Phi) is 5.69. The van der Waals surface area contributed by atoms with Gasteiger partial charge in [-0.1, -0.05) is 64.9 Å². The van der Waals surface area contributed by atoms with Crippen LogP contribution in [0.4, 0.5) is 5.82 Å². The molecule has 146 valence electrons. The third kappa shape index (κ3) is 4.52. The molecule has 6 nitrogen and oxygen atoms in total. The van der Waals surface area contributed by atoms with E-state index in [1.165, 1.54) is 11.8 Å². The highest BCUT2D eigenvalue weighted by Crippen LogP contribution is 2.30. The summed E-state index contributed by atoms with van der Waals surface area (Å²) in [6, 6.07) is 19.2.